The van der Waals surface area contributed by atoms with Crippen molar-refractivity contribution in [3.8, 4) is 0 Å². The number of aliphatic carboxylic acids is 1. The minimum atomic E-state index is -0.869. The van der Waals surface area contributed by atoms with Gasteiger partial charge in [-0.3, -0.25) is 14.9 Å². The molecule has 0 amide bonds. The third kappa shape index (κ3) is 4.00. The van der Waals surface area contributed by atoms with E-state index in [0.29, 0.717) is 17.8 Å². The van der Waals surface area contributed by atoms with Crippen molar-refractivity contribution >= 4 is 17.5 Å². The predicted octanol–water partition coefficient (Wildman–Crippen LogP) is 1.96. The van der Waals surface area contributed by atoms with Gasteiger partial charge in [0.1, 0.15) is 5.82 Å². The number of hydrogen-bond donors (Lipinski definition) is 2. The number of hydrogen-bond acceptors (Lipinski definition) is 5. The van der Waals surface area contributed by atoms with Gasteiger partial charge in [0.15, 0.2) is 0 Å². The summed E-state index contributed by atoms with van der Waals surface area (Å²) in [5.74, 6) is -0.489. The lowest BCUT2D eigenvalue weighted by atomic mass is 10.2. The fourth-order valence-electron chi connectivity index (χ4n) is 1.45. The van der Waals surface area contributed by atoms with Crippen LogP contribution in [0, 0.1) is 17.0 Å². The van der Waals surface area contributed by atoms with Gasteiger partial charge < -0.3 is 10.4 Å². The lowest BCUT2D eigenvalue weighted by Gasteiger charge is -2.13. The van der Waals surface area contributed by atoms with Crippen molar-refractivity contribution in [2.75, 3.05) is 5.32 Å². The number of nitrogens with one attached hydrogen (secondary N) is 1. The third-order valence-electron chi connectivity index (χ3n) is 2.46. The highest BCUT2D eigenvalue weighted by Crippen LogP contribution is 2.20. The smallest absolute Gasteiger partial charge is 0.303 e. The van der Waals surface area contributed by atoms with Gasteiger partial charge in [-0.15, -0.1) is 0 Å². The van der Waals surface area contributed by atoms with Gasteiger partial charge in [-0.05, 0) is 20.3 Å². The maximum Gasteiger partial charge on any atom is 0.303 e. The van der Waals surface area contributed by atoms with E-state index in [-0.39, 0.29) is 18.2 Å². The van der Waals surface area contributed by atoms with Crippen LogP contribution in [0.1, 0.15) is 25.3 Å². The van der Waals surface area contributed by atoms with Crippen LogP contribution in [0.2, 0.25) is 0 Å². The molecule has 0 saturated carbocycles. The molecule has 1 rings (SSSR count). The highest BCUT2D eigenvalue weighted by molar-refractivity contribution is 5.66. The molecular weight excluding hydrogens is 238 g/mol. The van der Waals surface area contributed by atoms with Crippen molar-refractivity contribution in [1.82, 2.24) is 4.98 Å². The molecule has 1 unspecified atom stereocenters. The van der Waals surface area contributed by atoms with Crippen molar-refractivity contribution in [2.45, 2.75) is 32.7 Å². The van der Waals surface area contributed by atoms with E-state index in [4.69, 9.17) is 5.11 Å². The number of aryl methyl sites for hydroxylation is 1. The van der Waals surface area contributed by atoms with Crippen LogP contribution in [0.5, 0.6) is 0 Å². The Bertz CT molecular complexity index is 462. The van der Waals surface area contributed by atoms with Crippen LogP contribution in [0.4, 0.5) is 11.5 Å². The van der Waals surface area contributed by atoms with Crippen molar-refractivity contribution in [3.05, 3.63) is 27.9 Å². The van der Waals surface area contributed by atoms with Gasteiger partial charge in [0.05, 0.1) is 11.0 Å². The SMILES string of the molecule is Cc1cnc(NC(C)CCC(=O)O)cc1[N+](=O)[O-]. The first-order valence-electron chi connectivity index (χ1n) is 5.49. The quantitative estimate of drug-likeness (QED) is 0.593. The second-order valence-electron chi connectivity index (χ2n) is 4.09. The molecule has 0 saturated heterocycles. The Morgan fingerprint density at radius 1 is 1.67 bits per heavy atom. The minimum absolute atomic E-state index is 0.00191. The van der Waals surface area contributed by atoms with Gasteiger partial charge in [-0.25, -0.2) is 4.98 Å². The van der Waals surface area contributed by atoms with E-state index in [1.54, 1.807) is 13.8 Å². The van der Waals surface area contributed by atoms with Gasteiger partial charge >= 0.3 is 5.97 Å². The first kappa shape index (κ1) is 13.9. The maximum atomic E-state index is 10.7. The largest absolute Gasteiger partial charge is 0.481 e. The standard InChI is InChI=1S/C11H15N3O4/c1-7-6-12-10(5-9(7)14(17)18)13-8(2)3-4-11(15)16/h5-6,8H,3-4H2,1-2H3,(H,12,13)(H,15,16). The van der Waals surface area contributed by atoms with Crippen LogP contribution in [0.25, 0.3) is 0 Å². The molecule has 2 N–H and O–H groups in total. The minimum Gasteiger partial charge on any atom is -0.481 e. The predicted molar refractivity (Wildman–Crippen MR) is 65.6 cm³/mol. The highest BCUT2D eigenvalue weighted by atomic mass is 16.6. The number of carboxylic acids is 1. The zero-order valence-electron chi connectivity index (χ0n) is 10.2. The zero-order valence-corrected chi connectivity index (χ0v) is 10.2. The third-order valence-corrected chi connectivity index (χ3v) is 2.46. The van der Waals surface area contributed by atoms with Crippen LogP contribution < -0.4 is 5.32 Å². The van der Waals surface area contributed by atoms with E-state index >= 15 is 0 Å². The molecule has 0 spiro atoms. The van der Waals surface area contributed by atoms with Crippen LogP contribution in [0.15, 0.2) is 12.3 Å². The summed E-state index contributed by atoms with van der Waals surface area (Å²) < 4.78 is 0. The maximum absolute atomic E-state index is 10.7. The van der Waals surface area contributed by atoms with E-state index in [1.165, 1.54) is 12.3 Å². The Morgan fingerprint density at radius 3 is 2.89 bits per heavy atom. The van der Waals surface area contributed by atoms with Crippen molar-refractivity contribution in [2.24, 2.45) is 0 Å². The van der Waals surface area contributed by atoms with E-state index in [0.717, 1.165) is 0 Å². The van der Waals surface area contributed by atoms with Gasteiger partial charge in [-0.1, -0.05) is 0 Å². The molecule has 7 heteroatoms. The fraction of sp³-hybridized carbons (Fsp3) is 0.455. The zero-order chi connectivity index (χ0) is 13.7. The van der Waals surface area contributed by atoms with E-state index < -0.39 is 10.9 Å². The molecule has 1 atom stereocenters. The van der Waals surface area contributed by atoms with Crippen LogP contribution in [0.3, 0.4) is 0 Å². The number of nitrogens with zero attached hydrogens (tertiary/aromatic N) is 2. The monoisotopic (exact) mass is 253 g/mol. The van der Waals surface area contributed by atoms with Crippen LogP contribution >= 0.6 is 0 Å². The van der Waals surface area contributed by atoms with Crippen molar-refractivity contribution < 1.29 is 14.8 Å². The lowest BCUT2D eigenvalue weighted by Crippen LogP contribution is -2.17. The molecule has 7 nitrogen and oxygen atoms in total. The molecular formula is C11H15N3O4. The van der Waals surface area contributed by atoms with Crippen molar-refractivity contribution in [1.29, 1.82) is 0 Å². The Kier molecular flexibility index (Phi) is 4.59. The topological polar surface area (TPSA) is 105 Å². The number of aromatic nitrogens is 1. The fourth-order valence-corrected chi connectivity index (χ4v) is 1.45. The average Bonchev–Trinajstić information content (AvgIpc) is 2.28. The molecule has 1 heterocycles. The summed E-state index contributed by atoms with van der Waals surface area (Å²) >= 11 is 0. The summed E-state index contributed by atoms with van der Waals surface area (Å²) in [6.07, 6.45) is 1.89. The van der Waals surface area contributed by atoms with Crippen LogP contribution in [-0.2, 0) is 4.79 Å². The molecule has 0 fully saturated rings. The molecule has 0 radical (unpaired) electrons. The molecule has 98 valence electrons. The molecule has 0 bridgehead atoms. The van der Waals surface area contributed by atoms with Gasteiger partial charge in [0, 0.05) is 24.2 Å². The van der Waals surface area contributed by atoms with E-state index in [1.807, 2.05) is 0 Å². The summed E-state index contributed by atoms with van der Waals surface area (Å²) in [5.41, 5.74) is 0.488. The number of anilines is 1. The van der Waals surface area contributed by atoms with Gasteiger partial charge in [-0.2, -0.15) is 0 Å². The molecule has 1 aromatic heterocycles. The second kappa shape index (κ2) is 5.95. The van der Waals surface area contributed by atoms with E-state index in [2.05, 4.69) is 10.3 Å². The summed E-state index contributed by atoms with van der Waals surface area (Å²) in [4.78, 5) is 24.7. The Labute approximate surface area is 104 Å². The molecule has 0 aliphatic carbocycles. The molecule has 1 aromatic rings. The summed E-state index contributed by atoms with van der Waals surface area (Å²) in [7, 11) is 0. The first-order valence-corrected chi connectivity index (χ1v) is 5.49. The number of carboxylic acid groups (broad SMARTS) is 1. The molecule has 18 heavy (non-hydrogen) atoms. The number of carbonyl (C=O) groups is 1. The lowest BCUT2D eigenvalue weighted by molar-refractivity contribution is -0.385. The van der Waals surface area contributed by atoms with Gasteiger partial charge in [0.25, 0.3) is 5.69 Å². The summed E-state index contributed by atoms with van der Waals surface area (Å²) in [5, 5.41) is 22.2. The second-order valence-corrected chi connectivity index (χ2v) is 4.09. The normalized spacial score (nSPS) is 11.9. The van der Waals surface area contributed by atoms with Crippen molar-refractivity contribution in [3.63, 3.8) is 0 Å². The molecule has 0 aliphatic rings. The Hall–Kier alpha value is -2.18. The summed E-state index contributed by atoms with van der Waals surface area (Å²) in [6, 6.07) is 1.24. The number of nitro groups is 1. The first-order chi connectivity index (χ1) is 8.40. The number of rotatable bonds is 6. The van der Waals surface area contributed by atoms with E-state index in [9.17, 15) is 14.9 Å². The van der Waals surface area contributed by atoms with Gasteiger partial charge in [0.2, 0.25) is 0 Å². The average molecular weight is 253 g/mol. The Morgan fingerprint density at radius 2 is 2.33 bits per heavy atom. The molecule has 0 aliphatic heterocycles. The molecule has 0 aromatic carbocycles. The van der Waals surface area contributed by atoms with Crippen LogP contribution in [-0.4, -0.2) is 27.0 Å². The summed E-state index contributed by atoms with van der Waals surface area (Å²) in [6.45, 7) is 3.42. The highest BCUT2D eigenvalue weighted by Gasteiger charge is 2.13. The Balaban J connectivity index is 2.70. The number of pyridine rings is 1.